The molecule has 1 atom stereocenters. The summed E-state index contributed by atoms with van der Waals surface area (Å²) in [5, 5.41) is 11.5. The highest BCUT2D eigenvalue weighted by molar-refractivity contribution is 8.00. The number of carbonyl (C=O) groups is 1. The number of carbonyl (C=O) groups excluding carboxylic acids is 1. The SMILES string of the molecule is COc1ccc(C(=O)C(C)Sc2nnnn2C)cc1. The van der Waals surface area contributed by atoms with E-state index in [0.717, 1.165) is 5.75 Å². The Balaban J connectivity index is 2.08. The fourth-order valence-electron chi connectivity index (χ4n) is 1.52. The van der Waals surface area contributed by atoms with E-state index in [4.69, 9.17) is 4.74 Å². The number of ketones is 1. The quantitative estimate of drug-likeness (QED) is 0.611. The van der Waals surface area contributed by atoms with Crippen molar-refractivity contribution in [2.75, 3.05) is 7.11 Å². The number of aryl methyl sites for hydroxylation is 1. The van der Waals surface area contributed by atoms with Crippen LogP contribution in [0.25, 0.3) is 0 Å². The molecular weight excluding hydrogens is 264 g/mol. The summed E-state index contributed by atoms with van der Waals surface area (Å²) in [6.45, 7) is 1.84. The number of benzene rings is 1. The smallest absolute Gasteiger partial charge is 0.209 e. The van der Waals surface area contributed by atoms with Crippen LogP contribution in [-0.2, 0) is 7.05 Å². The summed E-state index contributed by atoms with van der Waals surface area (Å²) in [6, 6.07) is 7.06. The molecule has 2 aromatic rings. The van der Waals surface area contributed by atoms with Gasteiger partial charge in [0.25, 0.3) is 0 Å². The predicted molar refractivity (Wildman–Crippen MR) is 71.4 cm³/mol. The lowest BCUT2D eigenvalue weighted by Gasteiger charge is -2.09. The maximum absolute atomic E-state index is 12.2. The predicted octanol–water partition coefficient (Wildman–Crippen LogP) is 1.58. The minimum Gasteiger partial charge on any atom is -0.497 e. The molecule has 1 aromatic carbocycles. The molecule has 1 heterocycles. The fraction of sp³-hybridized carbons (Fsp3) is 0.333. The molecule has 0 bridgehead atoms. The number of methoxy groups -OCH3 is 1. The number of tetrazole rings is 1. The third-order valence-corrected chi connectivity index (χ3v) is 3.73. The fourth-order valence-corrected chi connectivity index (χ4v) is 2.35. The monoisotopic (exact) mass is 278 g/mol. The van der Waals surface area contributed by atoms with E-state index in [9.17, 15) is 4.79 Å². The van der Waals surface area contributed by atoms with Crippen molar-refractivity contribution < 1.29 is 9.53 Å². The summed E-state index contributed by atoms with van der Waals surface area (Å²) < 4.78 is 6.61. The Morgan fingerprint density at radius 3 is 2.58 bits per heavy atom. The van der Waals surface area contributed by atoms with Crippen molar-refractivity contribution >= 4 is 17.5 Å². The molecule has 0 fully saturated rings. The molecule has 1 unspecified atom stereocenters. The van der Waals surface area contributed by atoms with Crippen molar-refractivity contribution in [3.8, 4) is 5.75 Å². The standard InChI is InChI=1S/C12H14N4O2S/c1-8(19-12-13-14-15-16(12)2)11(17)9-4-6-10(18-3)7-5-9/h4-8H,1-3H3. The molecular formula is C12H14N4O2S. The lowest BCUT2D eigenvalue weighted by atomic mass is 10.1. The molecule has 0 aliphatic carbocycles. The van der Waals surface area contributed by atoms with Crippen molar-refractivity contribution in [3.63, 3.8) is 0 Å². The zero-order valence-electron chi connectivity index (χ0n) is 10.9. The van der Waals surface area contributed by atoms with Crippen molar-refractivity contribution in [2.24, 2.45) is 7.05 Å². The zero-order valence-corrected chi connectivity index (χ0v) is 11.7. The Bertz CT molecular complexity index is 567. The topological polar surface area (TPSA) is 69.9 Å². The van der Waals surface area contributed by atoms with Gasteiger partial charge in [0.1, 0.15) is 5.75 Å². The van der Waals surface area contributed by atoms with Crippen LogP contribution in [0.2, 0.25) is 0 Å². The van der Waals surface area contributed by atoms with Gasteiger partial charge in [-0.2, -0.15) is 0 Å². The number of rotatable bonds is 5. The van der Waals surface area contributed by atoms with Crippen LogP contribution in [0, 0.1) is 0 Å². The minimum atomic E-state index is -0.252. The number of hydrogen-bond acceptors (Lipinski definition) is 6. The molecule has 0 saturated heterocycles. The Labute approximate surface area is 115 Å². The number of nitrogens with zero attached hydrogens (tertiary/aromatic N) is 4. The summed E-state index contributed by atoms with van der Waals surface area (Å²) >= 11 is 1.34. The number of Topliss-reactive ketones (excluding diaryl/α,β-unsaturated/α-hetero) is 1. The highest BCUT2D eigenvalue weighted by atomic mass is 32.2. The molecule has 0 aliphatic rings. The Morgan fingerprint density at radius 1 is 1.37 bits per heavy atom. The average molecular weight is 278 g/mol. The van der Waals surface area contributed by atoms with Crippen LogP contribution in [0.5, 0.6) is 5.75 Å². The molecule has 100 valence electrons. The minimum absolute atomic E-state index is 0.0376. The summed E-state index contributed by atoms with van der Waals surface area (Å²) in [5.74, 6) is 0.769. The molecule has 0 saturated carbocycles. The molecule has 19 heavy (non-hydrogen) atoms. The Hall–Kier alpha value is -1.89. The van der Waals surface area contributed by atoms with E-state index < -0.39 is 0 Å². The van der Waals surface area contributed by atoms with Crippen LogP contribution in [-0.4, -0.2) is 38.4 Å². The largest absolute Gasteiger partial charge is 0.497 e. The van der Waals surface area contributed by atoms with Crippen LogP contribution >= 0.6 is 11.8 Å². The first-order valence-electron chi connectivity index (χ1n) is 5.69. The molecule has 2 rings (SSSR count). The molecule has 6 nitrogen and oxygen atoms in total. The van der Waals surface area contributed by atoms with Crippen LogP contribution in [0.4, 0.5) is 0 Å². The van der Waals surface area contributed by atoms with Gasteiger partial charge in [-0.15, -0.1) is 5.10 Å². The van der Waals surface area contributed by atoms with E-state index in [1.54, 1.807) is 43.1 Å². The van der Waals surface area contributed by atoms with Gasteiger partial charge >= 0.3 is 0 Å². The highest BCUT2D eigenvalue weighted by Crippen LogP contribution is 2.23. The number of aromatic nitrogens is 4. The number of ether oxygens (including phenoxy) is 1. The van der Waals surface area contributed by atoms with Crippen LogP contribution in [0.15, 0.2) is 29.4 Å². The third kappa shape index (κ3) is 3.11. The van der Waals surface area contributed by atoms with E-state index in [2.05, 4.69) is 15.5 Å². The second-order valence-corrected chi connectivity index (χ2v) is 5.25. The molecule has 0 spiro atoms. The third-order valence-electron chi connectivity index (χ3n) is 2.61. The number of hydrogen-bond donors (Lipinski definition) is 0. The maximum atomic E-state index is 12.2. The van der Waals surface area contributed by atoms with Gasteiger partial charge < -0.3 is 4.74 Å². The van der Waals surface area contributed by atoms with Crippen molar-refractivity contribution in [1.29, 1.82) is 0 Å². The van der Waals surface area contributed by atoms with Gasteiger partial charge in [0.2, 0.25) is 5.16 Å². The first-order valence-corrected chi connectivity index (χ1v) is 6.57. The van der Waals surface area contributed by atoms with Crippen LogP contribution < -0.4 is 4.74 Å². The maximum Gasteiger partial charge on any atom is 0.209 e. The summed E-state index contributed by atoms with van der Waals surface area (Å²) in [4.78, 5) is 12.2. The van der Waals surface area contributed by atoms with Gasteiger partial charge in [0.15, 0.2) is 5.78 Å². The van der Waals surface area contributed by atoms with Gasteiger partial charge in [0.05, 0.1) is 12.4 Å². The van der Waals surface area contributed by atoms with Gasteiger partial charge in [0, 0.05) is 12.6 Å². The normalized spacial score (nSPS) is 12.2. The molecule has 0 radical (unpaired) electrons. The van der Waals surface area contributed by atoms with Crippen LogP contribution in [0.1, 0.15) is 17.3 Å². The van der Waals surface area contributed by atoms with E-state index >= 15 is 0 Å². The van der Waals surface area contributed by atoms with E-state index in [1.807, 2.05) is 6.92 Å². The first-order chi connectivity index (χ1) is 9.11. The summed E-state index contributed by atoms with van der Waals surface area (Å²) in [5.41, 5.74) is 0.649. The second-order valence-electron chi connectivity index (χ2n) is 3.94. The zero-order chi connectivity index (χ0) is 13.8. The lowest BCUT2D eigenvalue weighted by Crippen LogP contribution is -2.14. The molecule has 0 amide bonds. The van der Waals surface area contributed by atoms with Gasteiger partial charge in [-0.3, -0.25) is 4.79 Å². The van der Waals surface area contributed by atoms with Gasteiger partial charge in [-0.05, 0) is 41.6 Å². The molecule has 1 aromatic heterocycles. The van der Waals surface area contributed by atoms with Gasteiger partial charge in [-0.1, -0.05) is 11.8 Å². The average Bonchev–Trinajstić information content (AvgIpc) is 2.83. The first kappa shape index (κ1) is 13.5. The molecule has 0 N–H and O–H groups in total. The van der Waals surface area contributed by atoms with Crippen molar-refractivity contribution in [3.05, 3.63) is 29.8 Å². The molecule has 0 aliphatic heterocycles. The van der Waals surface area contributed by atoms with E-state index in [-0.39, 0.29) is 11.0 Å². The van der Waals surface area contributed by atoms with Gasteiger partial charge in [-0.25, -0.2) is 4.68 Å². The molecule has 7 heteroatoms. The number of thioether (sulfide) groups is 1. The second kappa shape index (κ2) is 5.83. The van der Waals surface area contributed by atoms with E-state index in [0.29, 0.717) is 10.7 Å². The highest BCUT2D eigenvalue weighted by Gasteiger charge is 2.19. The summed E-state index contributed by atoms with van der Waals surface area (Å²) in [6.07, 6.45) is 0. The van der Waals surface area contributed by atoms with Crippen molar-refractivity contribution in [1.82, 2.24) is 20.2 Å². The summed E-state index contributed by atoms with van der Waals surface area (Å²) in [7, 11) is 3.34. The van der Waals surface area contributed by atoms with E-state index in [1.165, 1.54) is 11.8 Å². The Kier molecular flexibility index (Phi) is 4.16. The lowest BCUT2D eigenvalue weighted by molar-refractivity contribution is 0.0994. The van der Waals surface area contributed by atoms with Crippen molar-refractivity contribution in [2.45, 2.75) is 17.3 Å². The van der Waals surface area contributed by atoms with Crippen LogP contribution in [0.3, 0.4) is 0 Å². The Morgan fingerprint density at radius 2 is 2.05 bits per heavy atom.